The Morgan fingerprint density at radius 1 is 1.24 bits per heavy atom. The van der Waals surface area contributed by atoms with Gasteiger partial charge in [-0.2, -0.15) is 0 Å². The molecule has 1 aromatic heterocycles. The monoisotopic (exact) mass is 289 g/mol. The molecule has 0 spiro atoms. The van der Waals surface area contributed by atoms with E-state index in [0.29, 0.717) is 31.7 Å². The minimum absolute atomic E-state index is 0.0652. The molecule has 1 amide bonds. The molecule has 0 atom stereocenters. The molecular weight excluding hydrogens is 270 g/mol. The standard InChI is InChI=1S/C15H19N3O3/c1-11-4-6-13(7-5-11)21-8-2-3-14(19)16-10-12-9-15(20)18-17-12/h4-7,9H,2-3,8,10H2,1H3,(H,16,19)(H2,17,18,20). The van der Waals surface area contributed by atoms with Crippen LogP contribution in [-0.4, -0.2) is 22.7 Å². The number of ether oxygens (including phenoxy) is 1. The fourth-order valence-electron chi connectivity index (χ4n) is 1.81. The highest BCUT2D eigenvalue weighted by Gasteiger charge is 2.03. The van der Waals surface area contributed by atoms with Gasteiger partial charge in [-0.3, -0.25) is 14.7 Å². The van der Waals surface area contributed by atoms with Crippen LogP contribution in [0.3, 0.4) is 0 Å². The second-order valence-electron chi connectivity index (χ2n) is 4.83. The van der Waals surface area contributed by atoms with Crippen molar-refractivity contribution < 1.29 is 9.53 Å². The van der Waals surface area contributed by atoms with Crippen LogP contribution in [0.15, 0.2) is 35.1 Å². The van der Waals surface area contributed by atoms with Gasteiger partial charge in [0.2, 0.25) is 5.91 Å². The largest absolute Gasteiger partial charge is 0.494 e. The van der Waals surface area contributed by atoms with Crippen molar-refractivity contribution in [1.29, 1.82) is 0 Å². The van der Waals surface area contributed by atoms with E-state index in [2.05, 4.69) is 15.5 Å². The lowest BCUT2D eigenvalue weighted by atomic mass is 10.2. The van der Waals surface area contributed by atoms with Crippen LogP contribution in [0.25, 0.3) is 0 Å². The van der Waals surface area contributed by atoms with Crippen molar-refractivity contribution in [2.75, 3.05) is 6.61 Å². The van der Waals surface area contributed by atoms with Crippen molar-refractivity contribution in [3.8, 4) is 5.75 Å². The van der Waals surface area contributed by atoms with E-state index in [4.69, 9.17) is 4.74 Å². The molecule has 1 aromatic carbocycles. The highest BCUT2D eigenvalue weighted by molar-refractivity contribution is 5.75. The molecule has 2 aromatic rings. The number of amides is 1. The van der Waals surface area contributed by atoms with Gasteiger partial charge in [-0.05, 0) is 25.5 Å². The molecule has 1 heterocycles. The topological polar surface area (TPSA) is 87.0 Å². The first kappa shape index (κ1) is 14.9. The molecule has 0 saturated heterocycles. The third-order valence-electron chi connectivity index (χ3n) is 2.97. The third-order valence-corrected chi connectivity index (χ3v) is 2.97. The van der Waals surface area contributed by atoms with Crippen molar-refractivity contribution in [2.24, 2.45) is 0 Å². The molecule has 0 bridgehead atoms. The van der Waals surface area contributed by atoms with Crippen LogP contribution in [0.1, 0.15) is 24.1 Å². The minimum Gasteiger partial charge on any atom is -0.494 e. The van der Waals surface area contributed by atoms with Crippen molar-refractivity contribution in [1.82, 2.24) is 15.5 Å². The van der Waals surface area contributed by atoms with Gasteiger partial charge in [0.1, 0.15) is 5.75 Å². The third kappa shape index (κ3) is 5.18. The molecular formula is C15H19N3O3. The van der Waals surface area contributed by atoms with Gasteiger partial charge in [0, 0.05) is 12.5 Å². The summed E-state index contributed by atoms with van der Waals surface area (Å²) in [6, 6.07) is 9.22. The van der Waals surface area contributed by atoms with E-state index in [1.54, 1.807) is 0 Å². The van der Waals surface area contributed by atoms with Crippen LogP contribution >= 0.6 is 0 Å². The van der Waals surface area contributed by atoms with Gasteiger partial charge in [0.05, 0.1) is 18.8 Å². The van der Waals surface area contributed by atoms with Gasteiger partial charge >= 0.3 is 0 Å². The molecule has 0 unspecified atom stereocenters. The van der Waals surface area contributed by atoms with E-state index in [9.17, 15) is 9.59 Å². The lowest BCUT2D eigenvalue weighted by Gasteiger charge is -2.06. The molecule has 0 aliphatic carbocycles. The highest BCUT2D eigenvalue weighted by atomic mass is 16.5. The Morgan fingerprint density at radius 2 is 2.00 bits per heavy atom. The first-order valence-corrected chi connectivity index (χ1v) is 6.86. The Morgan fingerprint density at radius 3 is 2.67 bits per heavy atom. The molecule has 3 N–H and O–H groups in total. The summed E-state index contributed by atoms with van der Waals surface area (Å²) in [5.74, 6) is 0.746. The van der Waals surface area contributed by atoms with E-state index < -0.39 is 0 Å². The Balaban J connectivity index is 1.60. The van der Waals surface area contributed by atoms with Crippen LogP contribution in [0.4, 0.5) is 0 Å². The van der Waals surface area contributed by atoms with Gasteiger partial charge in [0.25, 0.3) is 5.56 Å². The number of hydrogen-bond donors (Lipinski definition) is 3. The lowest BCUT2D eigenvalue weighted by Crippen LogP contribution is -2.23. The zero-order chi connectivity index (χ0) is 15.1. The zero-order valence-corrected chi connectivity index (χ0v) is 11.9. The summed E-state index contributed by atoms with van der Waals surface area (Å²) in [5, 5.41) is 7.83. The number of H-pyrrole nitrogens is 2. The molecule has 21 heavy (non-hydrogen) atoms. The predicted octanol–water partition coefficient (Wildman–Crippen LogP) is 1.49. The minimum atomic E-state index is -0.203. The van der Waals surface area contributed by atoms with Gasteiger partial charge in [-0.15, -0.1) is 0 Å². The molecule has 0 aliphatic rings. The number of hydrogen-bond acceptors (Lipinski definition) is 3. The number of carbonyl (C=O) groups is 1. The molecule has 0 aliphatic heterocycles. The maximum Gasteiger partial charge on any atom is 0.264 e. The first-order chi connectivity index (χ1) is 10.1. The summed E-state index contributed by atoms with van der Waals surface area (Å²) in [6.07, 6.45) is 1.03. The Labute approximate surface area is 122 Å². The van der Waals surface area contributed by atoms with E-state index in [-0.39, 0.29) is 11.5 Å². The van der Waals surface area contributed by atoms with Crippen LogP contribution in [0, 0.1) is 6.92 Å². The van der Waals surface area contributed by atoms with Gasteiger partial charge in [0.15, 0.2) is 0 Å². The highest BCUT2D eigenvalue weighted by Crippen LogP contribution is 2.11. The van der Waals surface area contributed by atoms with E-state index in [1.165, 1.54) is 11.6 Å². The molecule has 0 radical (unpaired) electrons. The summed E-state index contributed by atoms with van der Waals surface area (Å²) >= 11 is 0. The summed E-state index contributed by atoms with van der Waals surface area (Å²) in [7, 11) is 0. The van der Waals surface area contributed by atoms with E-state index >= 15 is 0 Å². The number of aryl methyl sites for hydroxylation is 1. The molecule has 6 nitrogen and oxygen atoms in total. The molecule has 112 valence electrons. The number of aromatic amines is 2. The second-order valence-corrected chi connectivity index (χ2v) is 4.83. The number of nitrogens with one attached hydrogen (secondary N) is 3. The normalized spacial score (nSPS) is 10.3. The van der Waals surface area contributed by atoms with Crippen molar-refractivity contribution in [3.63, 3.8) is 0 Å². The van der Waals surface area contributed by atoms with Crippen LogP contribution < -0.4 is 15.6 Å². The number of rotatable bonds is 7. The number of carbonyl (C=O) groups excluding carboxylic acids is 1. The van der Waals surface area contributed by atoms with Crippen LogP contribution in [-0.2, 0) is 11.3 Å². The number of aromatic nitrogens is 2. The average Bonchev–Trinajstić information content (AvgIpc) is 2.89. The van der Waals surface area contributed by atoms with Gasteiger partial charge in [-0.25, -0.2) is 0 Å². The SMILES string of the molecule is Cc1ccc(OCCCC(=O)NCc2cc(=O)[nH][nH]2)cc1. The second kappa shape index (κ2) is 7.33. The molecule has 2 rings (SSSR count). The Bertz CT molecular complexity index is 628. The maximum atomic E-state index is 11.6. The Hall–Kier alpha value is -2.50. The molecule has 6 heteroatoms. The van der Waals surface area contributed by atoms with Crippen LogP contribution in [0.2, 0.25) is 0 Å². The Kier molecular flexibility index (Phi) is 5.20. The lowest BCUT2D eigenvalue weighted by molar-refractivity contribution is -0.121. The van der Waals surface area contributed by atoms with Gasteiger partial charge in [-0.1, -0.05) is 17.7 Å². The zero-order valence-electron chi connectivity index (χ0n) is 11.9. The van der Waals surface area contributed by atoms with Crippen molar-refractivity contribution >= 4 is 5.91 Å². The number of benzene rings is 1. The van der Waals surface area contributed by atoms with Crippen molar-refractivity contribution in [3.05, 3.63) is 51.9 Å². The van der Waals surface area contributed by atoms with Crippen LogP contribution in [0.5, 0.6) is 5.75 Å². The quantitative estimate of drug-likeness (QED) is 0.675. The van der Waals surface area contributed by atoms with E-state index in [1.807, 2.05) is 31.2 Å². The fourth-order valence-corrected chi connectivity index (χ4v) is 1.81. The van der Waals surface area contributed by atoms with Gasteiger partial charge < -0.3 is 15.2 Å². The smallest absolute Gasteiger partial charge is 0.264 e. The molecule has 0 fully saturated rings. The predicted molar refractivity (Wildman–Crippen MR) is 79.2 cm³/mol. The first-order valence-electron chi connectivity index (χ1n) is 6.86. The summed E-state index contributed by atoms with van der Waals surface area (Å²) in [6.45, 7) is 2.83. The fraction of sp³-hybridized carbons (Fsp3) is 0.333. The van der Waals surface area contributed by atoms with E-state index in [0.717, 1.165) is 5.75 Å². The maximum absolute atomic E-state index is 11.6. The molecule has 0 saturated carbocycles. The summed E-state index contributed by atoms with van der Waals surface area (Å²) < 4.78 is 5.55. The summed E-state index contributed by atoms with van der Waals surface area (Å²) in [4.78, 5) is 22.5. The average molecular weight is 289 g/mol. The van der Waals surface area contributed by atoms with Crippen molar-refractivity contribution in [2.45, 2.75) is 26.3 Å². The summed E-state index contributed by atoms with van der Waals surface area (Å²) in [5.41, 5.74) is 1.64.